The third-order valence-electron chi connectivity index (χ3n) is 2.67. The highest BCUT2D eigenvalue weighted by Gasteiger charge is 2.28. The highest BCUT2D eigenvalue weighted by molar-refractivity contribution is 7.91. The van der Waals surface area contributed by atoms with Crippen LogP contribution in [0.25, 0.3) is 0 Å². The third-order valence-corrected chi connectivity index (χ3v) is 4.51. The molecule has 0 aromatic carbocycles. The van der Waals surface area contributed by atoms with Gasteiger partial charge in [0.05, 0.1) is 17.7 Å². The van der Waals surface area contributed by atoms with Gasteiger partial charge < -0.3 is 5.32 Å². The van der Waals surface area contributed by atoms with Crippen LogP contribution >= 0.6 is 0 Å². The van der Waals surface area contributed by atoms with Gasteiger partial charge in [0.1, 0.15) is 5.69 Å². The Balaban J connectivity index is 1.86. The van der Waals surface area contributed by atoms with Crippen molar-refractivity contribution in [3.8, 4) is 0 Å². The minimum atomic E-state index is -2.89. The quantitative estimate of drug-likeness (QED) is 0.796. The van der Waals surface area contributed by atoms with Gasteiger partial charge in [-0.25, -0.2) is 13.4 Å². The lowest BCUT2D eigenvalue weighted by atomic mass is 10.1. The summed E-state index contributed by atoms with van der Waals surface area (Å²) in [6.45, 7) is 0.370. The molecule has 1 aliphatic heterocycles. The van der Waals surface area contributed by atoms with Crippen molar-refractivity contribution < 1.29 is 13.2 Å². The van der Waals surface area contributed by atoms with Crippen molar-refractivity contribution in [3.63, 3.8) is 0 Å². The molecule has 0 unspecified atom stereocenters. The highest BCUT2D eigenvalue weighted by Crippen LogP contribution is 2.17. The summed E-state index contributed by atoms with van der Waals surface area (Å²) in [7, 11) is -2.89. The van der Waals surface area contributed by atoms with Gasteiger partial charge in [-0.05, 0) is 12.3 Å². The number of hydrogen-bond donors (Lipinski definition) is 1. The Morgan fingerprint density at radius 3 is 2.88 bits per heavy atom. The van der Waals surface area contributed by atoms with Crippen molar-refractivity contribution in [2.24, 2.45) is 5.92 Å². The summed E-state index contributed by atoms with van der Waals surface area (Å²) in [5.41, 5.74) is 0.244. The fourth-order valence-corrected chi connectivity index (χ4v) is 3.64. The molecular formula is C10H13N3O3S. The van der Waals surface area contributed by atoms with Gasteiger partial charge in [-0.15, -0.1) is 0 Å². The number of carbonyl (C=O) groups excluding carboxylic acids is 1. The first kappa shape index (κ1) is 12.0. The molecule has 6 nitrogen and oxygen atoms in total. The van der Waals surface area contributed by atoms with Crippen molar-refractivity contribution in [3.05, 3.63) is 24.3 Å². The Bertz CT molecular complexity index is 501. The van der Waals surface area contributed by atoms with Crippen LogP contribution in [0.3, 0.4) is 0 Å². The minimum absolute atomic E-state index is 0.0145. The second-order valence-corrected chi connectivity index (χ2v) is 6.30. The molecule has 1 aromatic heterocycles. The van der Waals surface area contributed by atoms with E-state index in [1.807, 2.05) is 0 Å². The van der Waals surface area contributed by atoms with E-state index in [0.717, 1.165) is 0 Å². The predicted molar refractivity (Wildman–Crippen MR) is 61.1 cm³/mol. The first-order chi connectivity index (χ1) is 8.07. The number of rotatable bonds is 3. The minimum Gasteiger partial charge on any atom is -0.350 e. The Hall–Kier alpha value is -1.50. The van der Waals surface area contributed by atoms with Crippen LogP contribution < -0.4 is 5.32 Å². The SMILES string of the molecule is O=C(NC[C@@H]1CCS(=O)(=O)C1)c1cnccn1. The van der Waals surface area contributed by atoms with Gasteiger partial charge in [-0.3, -0.25) is 9.78 Å². The van der Waals surface area contributed by atoms with Crippen LogP contribution in [0.5, 0.6) is 0 Å². The summed E-state index contributed by atoms with van der Waals surface area (Å²) in [5.74, 6) is 0.0786. The van der Waals surface area contributed by atoms with Gasteiger partial charge in [-0.2, -0.15) is 0 Å². The van der Waals surface area contributed by atoms with Gasteiger partial charge in [0, 0.05) is 18.9 Å². The van der Waals surface area contributed by atoms with Crippen LogP contribution in [-0.4, -0.2) is 42.3 Å². The zero-order chi connectivity index (χ0) is 12.3. The van der Waals surface area contributed by atoms with E-state index in [1.54, 1.807) is 0 Å². The fraction of sp³-hybridized carbons (Fsp3) is 0.500. The number of sulfone groups is 1. The van der Waals surface area contributed by atoms with Crippen LogP contribution in [0.2, 0.25) is 0 Å². The molecule has 0 radical (unpaired) electrons. The zero-order valence-corrected chi connectivity index (χ0v) is 9.98. The molecule has 92 valence electrons. The van der Waals surface area contributed by atoms with Crippen LogP contribution in [0, 0.1) is 5.92 Å². The van der Waals surface area contributed by atoms with Crippen molar-refractivity contribution in [1.82, 2.24) is 15.3 Å². The van der Waals surface area contributed by atoms with Crippen LogP contribution in [-0.2, 0) is 9.84 Å². The molecule has 0 spiro atoms. The summed E-state index contributed by atoms with van der Waals surface area (Å²) in [6, 6.07) is 0. The Kier molecular flexibility index (Phi) is 3.37. The smallest absolute Gasteiger partial charge is 0.271 e. The second-order valence-electron chi connectivity index (χ2n) is 4.07. The average molecular weight is 255 g/mol. The lowest BCUT2D eigenvalue weighted by molar-refractivity contribution is 0.0943. The summed E-state index contributed by atoms with van der Waals surface area (Å²) >= 11 is 0. The predicted octanol–water partition coefficient (Wildman–Crippen LogP) is -0.359. The number of amides is 1. The molecule has 1 saturated heterocycles. The first-order valence-electron chi connectivity index (χ1n) is 5.31. The van der Waals surface area contributed by atoms with Crippen molar-refractivity contribution in [2.45, 2.75) is 6.42 Å². The molecule has 1 N–H and O–H groups in total. The topological polar surface area (TPSA) is 89.0 Å². The van der Waals surface area contributed by atoms with Gasteiger partial charge >= 0.3 is 0 Å². The third kappa shape index (κ3) is 3.23. The summed E-state index contributed by atoms with van der Waals surface area (Å²) < 4.78 is 22.4. The van der Waals surface area contributed by atoms with Gasteiger partial charge in [0.2, 0.25) is 0 Å². The highest BCUT2D eigenvalue weighted by atomic mass is 32.2. The summed E-state index contributed by atoms with van der Waals surface area (Å²) in [6.07, 6.45) is 4.92. The maximum atomic E-state index is 11.6. The summed E-state index contributed by atoms with van der Waals surface area (Å²) in [5, 5.41) is 2.67. The first-order valence-corrected chi connectivity index (χ1v) is 7.13. The van der Waals surface area contributed by atoms with Crippen molar-refractivity contribution in [2.75, 3.05) is 18.1 Å². The molecule has 2 heterocycles. The fourth-order valence-electron chi connectivity index (χ4n) is 1.78. The number of nitrogens with zero attached hydrogens (tertiary/aromatic N) is 2. The van der Waals surface area contributed by atoms with E-state index in [0.29, 0.717) is 13.0 Å². The molecule has 2 rings (SSSR count). The lowest BCUT2D eigenvalue weighted by Gasteiger charge is -2.08. The molecule has 0 saturated carbocycles. The molecule has 1 aliphatic rings. The van der Waals surface area contributed by atoms with E-state index < -0.39 is 9.84 Å². The lowest BCUT2D eigenvalue weighted by Crippen LogP contribution is -2.30. The van der Waals surface area contributed by atoms with Crippen molar-refractivity contribution >= 4 is 15.7 Å². The molecule has 0 bridgehead atoms. The Labute approximate surface area is 99.4 Å². The number of aromatic nitrogens is 2. The van der Waals surface area contributed by atoms with Gasteiger partial charge in [-0.1, -0.05) is 0 Å². The van der Waals surface area contributed by atoms with E-state index in [9.17, 15) is 13.2 Å². The number of nitrogens with one attached hydrogen (secondary N) is 1. The number of carbonyl (C=O) groups is 1. The standard InChI is InChI=1S/C10H13N3O3S/c14-10(9-6-11-2-3-12-9)13-5-8-1-4-17(15,16)7-8/h2-3,6,8H,1,4-5,7H2,(H,13,14)/t8-/m0/s1. The van der Waals surface area contributed by atoms with Gasteiger partial charge in [0.25, 0.3) is 5.91 Å². The maximum Gasteiger partial charge on any atom is 0.271 e. The van der Waals surface area contributed by atoms with Crippen molar-refractivity contribution in [1.29, 1.82) is 0 Å². The molecule has 1 fully saturated rings. The number of hydrogen-bond acceptors (Lipinski definition) is 5. The van der Waals surface area contributed by atoms with Crippen LogP contribution in [0.4, 0.5) is 0 Å². The van der Waals surface area contributed by atoms with E-state index in [2.05, 4.69) is 15.3 Å². The largest absolute Gasteiger partial charge is 0.350 e. The van der Waals surface area contributed by atoms with Gasteiger partial charge in [0.15, 0.2) is 9.84 Å². The Morgan fingerprint density at radius 1 is 1.47 bits per heavy atom. The van der Waals surface area contributed by atoms with E-state index >= 15 is 0 Å². The molecule has 7 heteroatoms. The monoisotopic (exact) mass is 255 g/mol. The molecule has 1 atom stereocenters. The van der Waals surface area contributed by atoms with E-state index in [4.69, 9.17) is 0 Å². The zero-order valence-electron chi connectivity index (χ0n) is 9.17. The normalized spacial score (nSPS) is 22.2. The molecule has 1 amide bonds. The molecule has 1 aromatic rings. The van der Waals surface area contributed by atoms with Crippen LogP contribution in [0.15, 0.2) is 18.6 Å². The molecular weight excluding hydrogens is 242 g/mol. The Morgan fingerprint density at radius 2 is 2.29 bits per heavy atom. The van der Waals surface area contributed by atoms with E-state index in [1.165, 1.54) is 18.6 Å². The summed E-state index contributed by atoms with van der Waals surface area (Å²) in [4.78, 5) is 19.2. The van der Waals surface area contributed by atoms with E-state index in [-0.39, 0.29) is 29.0 Å². The molecule has 17 heavy (non-hydrogen) atoms. The second kappa shape index (κ2) is 4.79. The average Bonchev–Trinajstić information content (AvgIpc) is 2.67. The maximum absolute atomic E-state index is 11.6. The molecule has 0 aliphatic carbocycles. The van der Waals surface area contributed by atoms with Crippen LogP contribution in [0.1, 0.15) is 16.9 Å².